The predicted molar refractivity (Wildman–Crippen MR) is 80.7 cm³/mol. The number of nitrogens with one attached hydrogen (secondary N) is 1. The zero-order valence-corrected chi connectivity index (χ0v) is 13.7. The van der Waals surface area contributed by atoms with E-state index < -0.39 is 11.5 Å². The highest BCUT2D eigenvalue weighted by Gasteiger charge is 2.25. The van der Waals surface area contributed by atoms with Crippen LogP contribution in [-0.2, 0) is 4.79 Å². The number of carboxylic acids is 1. The van der Waals surface area contributed by atoms with Crippen molar-refractivity contribution in [3.63, 3.8) is 0 Å². The summed E-state index contributed by atoms with van der Waals surface area (Å²) < 4.78 is 1.63. The molecular formula is C12H13BrINO3. The second-order valence-corrected chi connectivity index (χ2v) is 6.63. The molecule has 0 aliphatic rings. The molecule has 6 heteroatoms. The van der Waals surface area contributed by atoms with Crippen LogP contribution in [0.1, 0.15) is 30.6 Å². The van der Waals surface area contributed by atoms with Gasteiger partial charge in [-0.3, -0.25) is 9.59 Å². The van der Waals surface area contributed by atoms with Crippen LogP contribution in [0, 0.1) is 3.57 Å². The number of hydrogen-bond donors (Lipinski definition) is 2. The maximum Gasteiger partial charge on any atom is 0.305 e. The molecule has 2 N–H and O–H groups in total. The summed E-state index contributed by atoms with van der Waals surface area (Å²) in [6.07, 6.45) is -0.125. The Morgan fingerprint density at radius 1 is 1.44 bits per heavy atom. The molecule has 0 heterocycles. The van der Waals surface area contributed by atoms with Crippen molar-refractivity contribution in [1.82, 2.24) is 5.32 Å². The van der Waals surface area contributed by atoms with E-state index in [4.69, 9.17) is 5.11 Å². The Bertz CT molecular complexity index is 488. The summed E-state index contributed by atoms with van der Waals surface area (Å²) in [5.41, 5.74) is -0.288. The third-order valence-electron chi connectivity index (χ3n) is 2.22. The second kappa shape index (κ2) is 6.01. The Kier molecular flexibility index (Phi) is 5.15. The Labute approximate surface area is 127 Å². The molecule has 1 aromatic rings. The van der Waals surface area contributed by atoms with E-state index in [9.17, 15) is 9.59 Å². The van der Waals surface area contributed by atoms with Gasteiger partial charge in [-0.05, 0) is 70.6 Å². The molecule has 1 rings (SSSR count). The number of benzene rings is 1. The number of halogens is 2. The second-order valence-electron chi connectivity index (χ2n) is 4.53. The van der Waals surface area contributed by atoms with Crippen LogP contribution in [0.25, 0.3) is 0 Å². The number of rotatable bonds is 4. The van der Waals surface area contributed by atoms with Crippen molar-refractivity contribution in [1.29, 1.82) is 0 Å². The van der Waals surface area contributed by atoms with Crippen molar-refractivity contribution < 1.29 is 14.7 Å². The van der Waals surface area contributed by atoms with Crippen LogP contribution in [0.5, 0.6) is 0 Å². The third kappa shape index (κ3) is 4.56. The van der Waals surface area contributed by atoms with Gasteiger partial charge in [0, 0.05) is 13.6 Å². The van der Waals surface area contributed by atoms with Crippen molar-refractivity contribution in [3.8, 4) is 0 Å². The molecule has 18 heavy (non-hydrogen) atoms. The van der Waals surface area contributed by atoms with Gasteiger partial charge >= 0.3 is 5.97 Å². The zero-order chi connectivity index (χ0) is 13.9. The van der Waals surface area contributed by atoms with Gasteiger partial charge < -0.3 is 10.4 Å². The highest BCUT2D eigenvalue weighted by molar-refractivity contribution is 14.1. The number of hydrogen-bond acceptors (Lipinski definition) is 2. The van der Waals surface area contributed by atoms with Gasteiger partial charge in [0.25, 0.3) is 5.91 Å². The Balaban J connectivity index is 2.88. The average Bonchev–Trinajstić information content (AvgIpc) is 2.18. The molecule has 0 saturated heterocycles. The van der Waals surface area contributed by atoms with Gasteiger partial charge in [0.15, 0.2) is 0 Å². The van der Waals surface area contributed by atoms with Gasteiger partial charge in [0.05, 0.1) is 12.0 Å². The topological polar surface area (TPSA) is 66.4 Å². The van der Waals surface area contributed by atoms with E-state index in [0.717, 1.165) is 3.57 Å². The highest BCUT2D eigenvalue weighted by Crippen LogP contribution is 2.20. The quantitative estimate of drug-likeness (QED) is 0.728. The van der Waals surface area contributed by atoms with Crippen LogP contribution in [0.4, 0.5) is 0 Å². The van der Waals surface area contributed by atoms with Crippen LogP contribution >= 0.6 is 38.5 Å². The lowest BCUT2D eigenvalue weighted by Crippen LogP contribution is -2.45. The molecule has 1 amide bonds. The summed E-state index contributed by atoms with van der Waals surface area (Å²) in [4.78, 5) is 22.8. The molecule has 4 nitrogen and oxygen atoms in total. The van der Waals surface area contributed by atoms with Crippen molar-refractivity contribution >= 4 is 50.4 Å². The largest absolute Gasteiger partial charge is 0.481 e. The molecule has 0 aromatic heterocycles. The first-order chi connectivity index (χ1) is 8.21. The molecular weight excluding hydrogens is 413 g/mol. The Morgan fingerprint density at radius 2 is 2.06 bits per heavy atom. The number of carbonyl (C=O) groups is 2. The fourth-order valence-electron chi connectivity index (χ4n) is 1.47. The van der Waals surface area contributed by atoms with Gasteiger partial charge in [0.1, 0.15) is 0 Å². The van der Waals surface area contributed by atoms with E-state index in [1.807, 2.05) is 6.07 Å². The lowest BCUT2D eigenvalue weighted by atomic mass is 10.00. The molecule has 0 aliphatic carbocycles. The molecule has 0 fully saturated rings. The minimum Gasteiger partial charge on any atom is -0.481 e. The molecule has 98 valence electrons. The summed E-state index contributed by atoms with van der Waals surface area (Å²) in [5.74, 6) is -1.23. The normalized spacial score (nSPS) is 11.1. The summed E-state index contributed by atoms with van der Waals surface area (Å²) in [6.45, 7) is 3.36. The monoisotopic (exact) mass is 425 g/mol. The van der Waals surface area contributed by atoms with Gasteiger partial charge in [-0.1, -0.05) is 0 Å². The average molecular weight is 426 g/mol. The number of carboxylic acid groups (broad SMARTS) is 1. The summed E-state index contributed by atoms with van der Waals surface area (Å²) in [6, 6.07) is 5.42. The zero-order valence-electron chi connectivity index (χ0n) is 9.96. The highest BCUT2D eigenvalue weighted by atomic mass is 127. The third-order valence-corrected chi connectivity index (χ3v) is 3.58. The lowest BCUT2D eigenvalue weighted by Gasteiger charge is -2.24. The Hall–Kier alpha value is -0.630. The summed E-state index contributed by atoms with van der Waals surface area (Å²) in [7, 11) is 0. The Morgan fingerprint density at radius 3 is 2.61 bits per heavy atom. The fourth-order valence-corrected chi connectivity index (χ4v) is 2.39. The minimum atomic E-state index is -0.943. The molecule has 0 unspecified atom stereocenters. The number of carbonyl (C=O) groups excluding carboxylic acids is 1. The lowest BCUT2D eigenvalue weighted by molar-refractivity contribution is -0.138. The van der Waals surface area contributed by atoms with E-state index in [1.165, 1.54) is 0 Å². The maximum atomic E-state index is 12.1. The molecule has 0 atom stereocenters. The predicted octanol–water partition coefficient (Wildman–Crippen LogP) is 3.04. The standard InChI is InChI=1S/C12H13BrINO3/c1-12(2,6-10(16)17)15-11(18)8-5-7(14)3-4-9(8)13/h3-5H,6H2,1-2H3,(H,15,18)(H,16,17). The summed E-state index contributed by atoms with van der Waals surface area (Å²) >= 11 is 5.43. The maximum absolute atomic E-state index is 12.1. The van der Waals surface area contributed by atoms with Crippen LogP contribution < -0.4 is 5.32 Å². The van der Waals surface area contributed by atoms with Crippen molar-refractivity contribution in [2.45, 2.75) is 25.8 Å². The minimum absolute atomic E-state index is 0.125. The smallest absolute Gasteiger partial charge is 0.305 e. The molecule has 0 spiro atoms. The number of amides is 1. The first-order valence-electron chi connectivity index (χ1n) is 5.20. The van der Waals surface area contributed by atoms with E-state index >= 15 is 0 Å². The molecule has 0 aliphatic heterocycles. The SMILES string of the molecule is CC(C)(CC(=O)O)NC(=O)c1cc(I)ccc1Br. The van der Waals surface area contributed by atoms with Gasteiger partial charge in [-0.2, -0.15) is 0 Å². The molecule has 0 radical (unpaired) electrons. The van der Waals surface area contributed by atoms with Crippen LogP contribution in [0.2, 0.25) is 0 Å². The van der Waals surface area contributed by atoms with Crippen LogP contribution in [0.3, 0.4) is 0 Å². The van der Waals surface area contributed by atoms with Crippen LogP contribution in [-0.4, -0.2) is 22.5 Å². The first-order valence-corrected chi connectivity index (χ1v) is 7.08. The van der Waals surface area contributed by atoms with Crippen LogP contribution in [0.15, 0.2) is 22.7 Å². The van der Waals surface area contributed by atoms with Gasteiger partial charge in [-0.25, -0.2) is 0 Å². The van der Waals surface area contributed by atoms with E-state index in [2.05, 4.69) is 43.8 Å². The van der Waals surface area contributed by atoms with E-state index in [0.29, 0.717) is 10.0 Å². The number of aliphatic carboxylic acids is 1. The van der Waals surface area contributed by atoms with E-state index in [1.54, 1.807) is 26.0 Å². The van der Waals surface area contributed by atoms with Crippen molar-refractivity contribution in [2.75, 3.05) is 0 Å². The molecule has 0 saturated carbocycles. The van der Waals surface area contributed by atoms with Crippen molar-refractivity contribution in [3.05, 3.63) is 31.8 Å². The molecule has 1 aromatic carbocycles. The first kappa shape index (κ1) is 15.4. The van der Waals surface area contributed by atoms with E-state index in [-0.39, 0.29) is 12.3 Å². The fraction of sp³-hybridized carbons (Fsp3) is 0.333. The molecule has 0 bridgehead atoms. The summed E-state index contributed by atoms with van der Waals surface area (Å²) in [5, 5.41) is 11.5. The van der Waals surface area contributed by atoms with Gasteiger partial charge in [0.2, 0.25) is 0 Å². The van der Waals surface area contributed by atoms with Gasteiger partial charge in [-0.15, -0.1) is 0 Å². The van der Waals surface area contributed by atoms with Crippen molar-refractivity contribution in [2.24, 2.45) is 0 Å².